The molecule has 0 aliphatic carbocycles. The zero-order valence-corrected chi connectivity index (χ0v) is 11.6. The van der Waals surface area contributed by atoms with Crippen molar-refractivity contribution in [2.45, 2.75) is 19.9 Å². The summed E-state index contributed by atoms with van der Waals surface area (Å²) < 4.78 is 0. The number of hydrogen-bond donors (Lipinski definition) is 1. The molecule has 0 spiro atoms. The summed E-state index contributed by atoms with van der Waals surface area (Å²) in [5, 5.41) is 5.64. The van der Waals surface area contributed by atoms with Crippen LogP contribution in [0.25, 0.3) is 0 Å². The molecule has 0 aliphatic heterocycles. The van der Waals surface area contributed by atoms with Gasteiger partial charge in [-0.15, -0.1) is 23.7 Å². The molecule has 0 amide bonds. The smallest absolute Gasteiger partial charge is 0.0302 e. The predicted molar refractivity (Wildman–Crippen MR) is 78.2 cm³/mol. The summed E-state index contributed by atoms with van der Waals surface area (Å²) >= 11 is 1.83. The van der Waals surface area contributed by atoms with E-state index in [1.54, 1.807) is 0 Å². The van der Waals surface area contributed by atoms with Crippen molar-refractivity contribution >= 4 is 23.7 Å². The molecule has 2 aromatic rings. The van der Waals surface area contributed by atoms with E-state index in [1.165, 1.54) is 16.0 Å². The second kappa shape index (κ2) is 7.49. The van der Waals surface area contributed by atoms with Crippen LogP contribution in [0.2, 0.25) is 0 Å². The van der Waals surface area contributed by atoms with Crippen LogP contribution in [0.3, 0.4) is 0 Å². The van der Waals surface area contributed by atoms with Gasteiger partial charge >= 0.3 is 0 Å². The molecule has 0 fully saturated rings. The van der Waals surface area contributed by atoms with Crippen LogP contribution in [0.5, 0.6) is 0 Å². The molecule has 0 saturated heterocycles. The van der Waals surface area contributed by atoms with Gasteiger partial charge in [-0.05, 0) is 42.5 Å². The van der Waals surface area contributed by atoms with Crippen LogP contribution in [0.4, 0.5) is 0 Å². The Kier molecular flexibility index (Phi) is 6.27. The number of hydrogen-bond acceptors (Lipinski definition) is 2. The third kappa shape index (κ3) is 4.50. The lowest BCUT2D eigenvalue weighted by atomic mass is 10.1. The summed E-state index contributed by atoms with van der Waals surface area (Å²) in [6, 6.07) is 12.8. The molecule has 0 atom stereocenters. The van der Waals surface area contributed by atoms with Gasteiger partial charge in [0.05, 0.1) is 0 Å². The summed E-state index contributed by atoms with van der Waals surface area (Å²) in [5.41, 5.74) is 2.80. The average molecular weight is 268 g/mol. The highest BCUT2D eigenvalue weighted by Crippen LogP contribution is 2.14. The third-order valence-corrected chi connectivity index (χ3v) is 3.71. The minimum Gasteiger partial charge on any atom is -0.312 e. The fourth-order valence-corrected chi connectivity index (χ4v) is 2.54. The predicted octanol–water partition coefficient (Wildman–Crippen LogP) is 3.81. The standard InChI is InChI=1S/C14H17NS.ClH/c1-12-8-10-16-14(12)11-15-9-7-13-5-3-2-4-6-13;/h2-6,8,10,15H,7,9,11H2,1H3;1H. The van der Waals surface area contributed by atoms with E-state index < -0.39 is 0 Å². The normalized spacial score (nSPS) is 9.94. The highest BCUT2D eigenvalue weighted by molar-refractivity contribution is 7.10. The Morgan fingerprint density at radius 3 is 2.53 bits per heavy atom. The first-order valence-electron chi connectivity index (χ1n) is 5.64. The van der Waals surface area contributed by atoms with Crippen LogP contribution in [-0.2, 0) is 13.0 Å². The van der Waals surface area contributed by atoms with E-state index in [0.717, 1.165) is 19.5 Å². The van der Waals surface area contributed by atoms with Gasteiger partial charge in [0.15, 0.2) is 0 Å². The Bertz CT molecular complexity index is 425. The SMILES string of the molecule is Cc1ccsc1CNCCc1ccccc1.Cl. The third-order valence-electron chi connectivity index (χ3n) is 2.69. The molecule has 0 radical (unpaired) electrons. The van der Waals surface area contributed by atoms with Gasteiger partial charge in [0.2, 0.25) is 0 Å². The van der Waals surface area contributed by atoms with Gasteiger partial charge in [-0.25, -0.2) is 0 Å². The van der Waals surface area contributed by atoms with Gasteiger partial charge in [0, 0.05) is 11.4 Å². The fourth-order valence-electron chi connectivity index (χ4n) is 1.66. The van der Waals surface area contributed by atoms with E-state index in [0.29, 0.717) is 0 Å². The van der Waals surface area contributed by atoms with Crippen molar-refractivity contribution in [1.82, 2.24) is 5.32 Å². The van der Waals surface area contributed by atoms with Crippen LogP contribution >= 0.6 is 23.7 Å². The lowest BCUT2D eigenvalue weighted by Gasteiger charge is -2.04. The van der Waals surface area contributed by atoms with Crippen molar-refractivity contribution in [1.29, 1.82) is 0 Å². The molecule has 0 unspecified atom stereocenters. The van der Waals surface area contributed by atoms with E-state index in [2.05, 4.69) is 54.0 Å². The second-order valence-electron chi connectivity index (χ2n) is 3.94. The van der Waals surface area contributed by atoms with Gasteiger partial charge in [-0.3, -0.25) is 0 Å². The number of thiophene rings is 1. The van der Waals surface area contributed by atoms with E-state index in [4.69, 9.17) is 0 Å². The first-order chi connectivity index (χ1) is 7.86. The topological polar surface area (TPSA) is 12.0 Å². The molecule has 1 aromatic carbocycles. The first kappa shape index (κ1) is 14.2. The van der Waals surface area contributed by atoms with E-state index in [1.807, 2.05) is 11.3 Å². The summed E-state index contributed by atoms with van der Waals surface area (Å²) in [6.07, 6.45) is 1.10. The molecule has 2 rings (SSSR count). The summed E-state index contributed by atoms with van der Waals surface area (Å²) in [4.78, 5) is 1.45. The molecule has 1 heterocycles. The van der Waals surface area contributed by atoms with Crippen LogP contribution < -0.4 is 5.32 Å². The molecule has 1 nitrogen and oxygen atoms in total. The Morgan fingerprint density at radius 1 is 1.12 bits per heavy atom. The minimum atomic E-state index is 0. The van der Waals surface area contributed by atoms with Crippen molar-refractivity contribution in [2.75, 3.05) is 6.54 Å². The zero-order valence-electron chi connectivity index (χ0n) is 9.98. The highest BCUT2D eigenvalue weighted by atomic mass is 35.5. The monoisotopic (exact) mass is 267 g/mol. The Hall–Kier alpha value is -0.830. The molecule has 92 valence electrons. The van der Waals surface area contributed by atoms with Crippen molar-refractivity contribution in [2.24, 2.45) is 0 Å². The van der Waals surface area contributed by atoms with E-state index in [9.17, 15) is 0 Å². The first-order valence-corrected chi connectivity index (χ1v) is 6.52. The number of rotatable bonds is 5. The molecule has 1 aromatic heterocycles. The molecule has 1 N–H and O–H groups in total. The molecule has 0 bridgehead atoms. The lowest BCUT2D eigenvalue weighted by Crippen LogP contribution is -2.16. The van der Waals surface area contributed by atoms with Gasteiger partial charge in [-0.1, -0.05) is 30.3 Å². The summed E-state index contributed by atoms with van der Waals surface area (Å²) in [5.74, 6) is 0. The van der Waals surface area contributed by atoms with Crippen molar-refractivity contribution in [3.8, 4) is 0 Å². The molecule has 17 heavy (non-hydrogen) atoms. The Balaban J connectivity index is 0.00000144. The Morgan fingerprint density at radius 2 is 1.88 bits per heavy atom. The van der Waals surface area contributed by atoms with Gasteiger partial charge in [0.25, 0.3) is 0 Å². The van der Waals surface area contributed by atoms with Crippen molar-refractivity contribution < 1.29 is 0 Å². The molecule has 3 heteroatoms. The molecule has 0 saturated carbocycles. The maximum Gasteiger partial charge on any atom is 0.0302 e. The highest BCUT2D eigenvalue weighted by Gasteiger charge is 1.98. The number of halogens is 1. The van der Waals surface area contributed by atoms with E-state index >= 15 is 0 Å². The van der Waals surface area contributed by atoms with Gasteiger partial charge < -0.3 is 5.32 Å². The average Bonchev–Trinajstić information content (AvgIpc) is 2.72. The van der Waals surface area contributed by atoms with Crippen molar-refractivity contribution in [3.63, 3.8) is 0 Å². The van der Waals surface area contributed by atoms with Gasteiger partial charge in [0.1, 0.15) is 0 Å². The number of benzene rings is 1. The second-order valence-corrected chi connectivity index (χ2v) is 4.94. The van der Waals surface area contributed by atoms with Crippen molar-refractivity contribution in [3.05, 3.63) is 57.8 Å². The van der Waals surface area contributed by atoms with Crippen LogP contribution in [0.1, 0.15) is 16.0 Å². The number of nitrogens with one attached hydrogen (secondary N) is 1. The van der Waals surface area contributed by atoms with Crippen LogP contribution in [0.15, 0.2) is 41.8 Å². The van der Waals surface area contributed by atoms with Crippen LogP contribution in [0, 0.1) is 6.92 Å². The van der Waals surface area contributed by atoms with E-state index in [-0.39, 0.29) is 12.4 Å². The largest absolute Gasteiger partial charge is 0.312 e. The summed E-state index contributed by atoms with van der Waals surface area (Å²) in [6.45, 7) is 4.21. The fraction of sp³-hybridized carbons (Fsp3) is 0.286. The molecular weight excluding hydrogens is 250 g/mol. The molecule has 0 aliphatic rings. The number of aryl methyl sites for hydroxylation is 1. The maximum absolute atomic E-state index is 3.49. The maximum atomic E-state index is 3.49. The van der Waals surface area contributed by atoms with Crippen LogP contribution in [-0.4, -0.2) is 6.54 Å². The minimum absolute atomic E-state index is 0. The van der Waals surface area contributed by atoms with Gasteiger partial charge in [-0.2, -0.15) is 0 Å². The Labute approximate surface area is 113 Å². The zero-order chi connectivity index (χ0) is 11.2. The molecular formula is C14H18ClNS. The summed E-state index contributed by atoms with van der Waals surface area (Å²) in [7, 11) is 0. The lowest BCUT2D eigenvalue weighted by molar-refractivity contribution is 0.692. The quantitative estimate of drug-likeness (QED) is 0.813.